The van der Waals surface area contributed by atoms with Gasteiger partial charge in [-0.1, -0.05) is 13.8 Å². The van der Waals surface area contributed by atoms with Crippen molar-refractivity contribution >= 4 is 28.3 Å². The van der Waals surface area contributed by atoms with Crippen LogP contribution in [0.3, 0.4) is 0 Å². The summed E-state index contributed by atoms with van der Waals surface area (Å²) >= 11 is 1.27. The lowest BCUT2D eigenvalue weighted by molar-refractivity contribution is -0.114. The van der Waals surface area contributed by atoms with Crippen molar-refractivity contribution < 1.29 is 9.59 Å². The van der Waals surface area contributed by atoms with E-state index in [1.165, 1.54) is 18.3 Å². The number of aromatic nitrogens is 1. The van der Waals surface area contributed by atoms with Crippen molar-refractivity contribution in [3.05, 3.63) is 11.1 Å². The van der Waals surface area contributed by atoms with Crippen LogP contribution in [0.2, 0.25) is 0 Å². The zero-order chi connectivity index (χ0) is 13.5. The van der Waals surface area contributed by atoms with E-state index in [0.29, 0.717) is 10.8 Å². The second-order valence-corrected chi connectivity index (χ2v) is 4.87. The van der Waals surface area contributed by atoms with Crippen molar-refractivity contribution in [2.24, 2.45) is 0 Å². The summed E-state index contributed by atoms with van der Waals surface area (Å²) in [5, 5.41) is 4.74. The average molecular weight is 269 g/mol. The fourth-order valence-corrected chi connectivity index (χ4v) is 2.33. The molecule has 100 valence electrons. The Morgan fingerprint density at radius 1 is 1.33 bits per heavy atom. The van der Waals surface area contributed by atoms with E-state index in [2.05, 4.69) is 10.3 Å². The van der Waals surface area contributed by atoms with Crippen LogP contribution in [0.15, 0.2) is 5.38 Å². The smallest absolute Gasteiger partial charge is 0.273 e. The molecule has 0 unspecified atom stereocenters. The van der Waals surface area contributed by atoms with Crippen molar-refractivity contribution in [1.82, 2.24) is 9.88 Å². The first kappa shape index (κ1) is 14.6. The van der Waals surface area contributed by atoms with Crippen LogP contribution in [0.4, 0.5) is 5.13 Å². The molecule has 0 aliphatic carbocycles. The molecule has 1 aromatic rings. The van der Waals surface area contributed by atoms with E-state index in [9.17, 15) is 9.59 Å². The standard InChI is InChI=1S/C12H19N3O2S/c1-4-6-15(7-5-2)11(17)10-8-18-12(14-10)13-9(3)16/h8H,4-7H2,1-3H3,(H,13,14,16). The second-order valence-electron chi connectivity index (χ2n) is 4.01. The quantitative estimate of drug-likeness (QED) is 0.862. The monoisotopic (exact) mass is 269 g/mol. The van der Waals surface area contributed by atoms with Gasteiger partial charge in [0, 0.05) is 25.4 Å². The van der Waals surface area contributed by atoms with E-state index in [-0.39, 0.29) is 11.8 Å². The first-order chi connectivity index (χ1) is 8.58. The van der Waals surface area contributed by atoms with Crippen molar-refractivity contribution in [3.63, 3.8) is 0 Å². The van der Waals surface area contributed by atoms with Crippen LogP contribution < -0.4 is 5.32 Å². The molecule has 2 amide bonds. The third-order valence-electron chi connectivity index (χ3n) is 2.28. The molecule has 0 saturated heterocycles. The van der Waals surface area contributed by atoms with Crippen LogP contribution in [-0.4, -0.2) is 34.8 Å². The van der Waals surface area contributed by atoms with Gasteiger partial charge < -0.3 is 10.2 Å². The number of anilines is 1. The van der Waals surface area contributed by atoms with Gasteiger partial charge in [0.1, 0.15) is 5.69 Å². The Hall–Kier alpha value is -1.43. The Balaban J connectivity index is 2.74. The van der Waals surface area contributed by atoms with Crippen molar-refractivity contribution in [2.45, 2.75) is 33.6 Å². The number of carbonyl (C=O) groups excluding carboxylic acids is 2. The van der Waals surface area contributed by atoms with E-state index in [0.717, 1.165) is 25.9 Å². The molecule has 0 fully saturated rings. The number of thiazole rings is 1. The zero-order valence-corrected chi connectivity index (χ0v) is 11.8. The van der Waals surface area contributed by atoms with Gasteiger partial charge in [-0.3, -0.25) is 9.59 Å². The third-order valence-corrected chi connectivity index (χ3v) is 3.04. The van der Waals surface area contributed by atoms with Crippen LogP contribution in [0.1, 0.15) is 44.1 Å². The van der Waals surface area contributed by atoms with Crippen LogP contribution >= 0.6 is 11.3 Å². The Kier molecular flexibility index (Phi) is 5.77. The van der Waals surface area contributed by atoms with Gasteiger partial charge in [0.2, 0.25) is 5.91 Å². The minimum absolute atomic E-state index is 0.0634. The summed E-state index contributed by atoms with van der Waals surface area (Å²) in [6.45, 7) is 6.97. The van der Waals surface area contributed by atoms with E-state index >= 15 is 0 Å². The Labute approximate surface area is 111 Å². The maximum absolute atomic E-state index is 12.2. The van der Waals surface area contributed by atoms with Gasteiger partial charge in [0.05, 0.1) is 0 Å². The fourth-order valence-electron chi connectivity index (χ4n) is 1.60. The minimum atomic E-state index is -0.178. The summed E-state index contributed by atoms with van der Waals surface area (Å²) < 4.78 is 0. The van der Waals surface area contributed by atoms with Gasteiger partial charge in [0.15, 0.2) is 5.13 Å². The lowest BCUT2D eigenvalue weighted by Crippen LogP contribution is -2.32. The third kappa shape index (κ3) is 4.10. The van der Waals surface area contributed by atoms with Crippen molar-refractivity contribution in [3.8, 4) is 0 Å². The molecule has 18 heavy (non-hydrogen) atoms. The van der Waals surface area contributed by atoms with E-state index in [1.54, 1.807) is 10.3 Å². The molecule has 0 saturated carbocycles. The summed E-state index contributed by atoms with van der Waals surface area (Å²) in [5.41, 5.74) is 0.408. The molecular formula is C12H19N3O2S. The minimum Gasteiger partial charge on any atom is -0.337 e. The average Bonchev–Trinajstić information content (AvgIpc) is 2.75. The highest BCUT2D eigenvalue weighted by molar-refractivity contribution is 7.14. The first-order valence-corrected chi connectivity index (χ1v) is 6.98. The number of amides is 2. The summed E-state index contributed by atoms with van der Waals surface area (Å²) in [7, 11) is 0. The molecule has 0 aromatic carbocycles. The van der Waals surface area contributed by atoms with Crippen LogP contribution in [0, 0.1) is 0 Å². The molecule has 0 aliphatic heterocycles. The Morgan fingerprint density at radius 2 is 1.94 bits per heavy atom. The molecule has 6 heteroatoms. The SMILES string of the molecule is CCCN(CCC)C(=O)c1csc(NC(C)=O)n1. The highest BCUT2D eigenvalue weighted by Crippen LogP contribution is 2.17. The predicted octanol–water partition coefficient (Wildman–Crippen LogP) is 2.36. The number of nitrogens with one attached hydrogen (secondary N) is 1. The molecule has 5 nitrogen and oxygen atoms in total. The summed E-state index contributed by atoms with van der Waals surface area (Å²) in [5.74, 6) is -0.242. The Morgan fingerprint density at radius 3 is 2.44 bits per heavy atom. The van der Waals surface area contributed by atoms with E-state index in [4.69, 9.17) is 0 Å². The second kappa shape index (κ2) is 7.10. The maximum atomic E-state index is 12.2. The Bertz CT molecular complexity index is 411. The predicted molar refractivity (Wildman–Crippen MR) is 72.9 cm³/mol. The maximum Gasteiger partial charge on any atom is 0.273 e. The highest BCUT2D eigenvalue weighted by atomic mass is 32.1. The van der Waals surface area contributed by atoms with Crippen LogP contribution in [0.5, 0.6) is 0 Å². The summed E-state index contributed by atoms with van der Waals surface area (Å²) in [6, 6.07) is 0. The lowest BCUT2D eigenvalue weighted by Gasteiger charge is -2.20. The number of hydrogen-bond donors (Lipinski definition) is 1. The number of nitrogens with zero attached hydrogens (tertiary/aromatic N) is 2. The zero-order valence-electron chi connectivity index (χ0n) is 11.0. The van der Waals surface area contributed by atoms with Gasteiger partial charge in [0.25, 0.3) is 5.91 Å². The lowest BCUT2D eigenvalue weighted by atomic mass is 10.3. The molecule has 1 rings (SSSR count). The first-order valence-electron chi connectivity index (χ1n) is 6.10. The summed E-state index contributed by atoms with van der Waals surface area (Å²) in [6.07, 6.45) is 1.85. The van der Waals surface area contributed by atoms with Crippen molar-refractivity contribution in [2.75, 3.05) is 18.4 Å². The molecule has 0 spiro atoms. The molecule has 0 aliphatic rings. The fraction of sp³-hybridized carbons (Fsp3) is 0.583. The molecule has 1 heterocycles. The van der Waals surface area contributed by atoms with Gasteiger partial charge in [-0.25, -0.2) is 4.98 Å². The van der Waals surface area contributed by atoms with Gasteiger partial charge in [-0.2, -0.15) is 0 Å². The van der Waals surface area contributed by atoms with Crippen LogP contribution in [-0.2, 0) is 4.79 Å². The molecule has 0 bridgehead atoms. The number of hydrogen-bond acceptors (Lipinski definition) is 4. The van der Waals surface area contributed by atoms with E-state index < -0.39 is 0 Å². The molecule has 0 atom stereocenters. The molecule has 0 radical (unpaired) electrons. The molecule has 1 N–H and O–H groups in total. The van der Waals surface area contributed by atoms with Crippen LogP contribution in [0.25, 0.3) is 0 Å². The normalized spacial score (nSPS) is 10.2. The van der Waals surface area contributed by atoms with Gasteiger partial charge in [-0.05, 0) is 12.8 Å². The van der Waals surface area contributed by atoms with Gasteiger partial charge in [-0.15, -0.1) is 11.3 Å². The molecular weight excluding hydrogens is 250 g/mol. The largest absolute Gasteiger partial charge is 0.337 e. The topological polar surface area (TPSA) is 62.3 Å². The summed E-state index contributed by atoms with van der Waals surface area (Å²) in [4.78, 5) is 29.0. The highest BCUT2D eigenvalue weighted by Gasteiger charge is 2.17. The molecule has 1 aromatic heterocycles. The number of rotatable bonds is 6. The van der Waals surface area contributed by atoms with E-state index in [1.807, 2.05) is 13.8 Å². The van der Waals surface area contributed by atoms with Crippen molar-refractivity contribution in [1.29, 1.82) is 0 Å². The number of carbonyl (C=O) groups is 2. The van der Waals surface area contributed by atoms with Gasteiger partial charge >= 0.3 is 0 Å².